The number of fused-ring (bicyclic) bond motifs is 1. The Morgan fingerprint density at radius 1 is 1.22 bits per heavy atom. The highest BCUT2D eigenvalue weighted by Gasteiger charge is 2.12. The molecule has 0 radical (unpaired) electrons. The van der Waals surface area contributed by atoms with E-state index in [4.69, 9.17) is 0 Å². The number of rotatable bonds is 2. The average molecular weight is 238 g/mol. The third-order valence-electron chi connectivity index (χ3n) is 2.87. The van der Waals surface area contributed by atoms with Gasteiger partial charge in [-0.25, -0.2) is 4.79 Å². The van der Waals surface area contributed by atoms with Crippen LogP contribution in [-0.4, -0.2) is 21.0 Å². The normalized spacial score (nSPS) is 10.7. The van der Waals surface area contributed by atoms with Crippen molar-refractivity contribution in [3.8, 4) is 11.3 Å². The van der Waals surface area contributed by atoms with E-state index in [1.807, 2.05) is 18.2 Å². The Labute approximate surface area is 103 Å². The molecule has 4 heteroatoms. The zero-order valence-corrected chi connectivity index (χ0v) is 9.42. The van der Waals surface area contributed by atoms with Gasteiger partial charge in [0.25, 0.3) is 0 Å². The number of aromatic amines is 1. The number of nitrogens with zero attached hydrogens (tertiary/aromatic N) is 1. The van der Waals surface area contributed by atoms with Gasteiger partial charge in [-0.05, 0) is 18.2 Å². The molecule has 4 nitrogen and oxygen atoms in total. The monoisotopic (exact) mass is 238 g/mol. The molecule has 0 aliphatic rings. The van der Waals surface area contributed by atoms with Crippen molar-refractivity contribution in [1.82, 2.24) is 9.97 Å². The van der Waals surface area contributed by atoms with E-state index in [1.54, 1.807) is 30.6 Å². The van der Waals surface area contributed by atoms with Gasteiger partial charge in [-0.1, -0.05) is 18.2 Å². The van der Waals surface area contributed by atoms with Gasteiger partial charge in [0.2, 0.25) is 0 Å². The Bertz CT molecular complexity index is 698. The summed E-state index contributed by atoms with van der Waals surface area (Å²) in [5.74, 6) is -0.928. The molecule has 3 aromatic rings. The highest BCUT2D eigenvalue weighted by Crippen LogP contribution is 2.26. The molecular formula is C14H10N2O2. The molecule has 3 rings (SSSR count). The van der Waals surface area contributed by atoms with Crippen LogP contribution in [0, 0.1) is 0 Å². The summed E-state index contributed by atoms with van der Waals surface area (Å²) in [6, 6.07) is 10.7. The van der Waals surface area contributed by atoms with Crippen LogP contribution in [0.3, 0.4) is 0 Å². The molecule has 1 aromatic carbocycles. The molecule has 0 unspecified atom stereocenters. The number of nitrogens with one attached hydrogen (secondary N) is 1. The first-order valence-corrected chi connectivity index (χ1v) is 5.51. The summed E-state index contributed by atoms with van der Waals surface area (Å²) in [7, 11) is 0. The van der Waals surface area contributed by atoms with Gasteiger partial charge < -0.3 is 10.1 Å². The Balaban J connectivity index is 2.23. The molecule has 0 saturated carbocycles. The number of carboxylic acid groups (broad SMARTS) is 1. The van der Waals surface area contributed by atoms with Gasteiger partial charge in [-0.15, -0.1) is 0 Å². The molecule has 0 spiro atoms. The molecule has 88 valence electrons. The van der Waals surface area contributed by atoms with E-state index in [2.05, 4.69) is 9.97 Å². The maximum Gasteiger partial charge on any atom is 0.336 e. The van der Waals surface area contributed by atoms with Crippen molar-refractivity contribution in [1.29, 1.82) is 0 Å². The quantitative estimate of drug-likeness (QED) is 0.721. The number of benzene rings is 1. The minimum Gasteiger partial charge on any atom is -0.478 e. The SMILES string of the molecule is O=C(O)c1ccccc1-c1cc2cnccc2[nH]1. The summed E-state index contributed by atoms with van der Waals surface area (Å²) in [6.07, 6.45) is 3.45. The lowest BCUT2D eigenvalue weighted by atomic mass is 10.0. The molecule has 0 fully saturated rings. The van der Waals surface area contributed by atoms with Crippen LogP contribution in [0.4, 0.5) is 0 Å². The zero-order chi connectivity index (χ0) is 12.5. The van der Waals surface area contributed by atoms with E-state index in [1.165, 1.54) is 0 Å². The van der Waals surface area contributed by atoms with Gasteiger partial charge in [0, 0.05) is 34.6 Å². The zero-order valence-electron chi connectivity index (χ0n) is 9.42. The van der Waals surface area contributed by atoms with Crippen molar-refractivity contribution >= 4 is 16.9 Å². The Morgan fingerprint density at radius 3 is 2.83 bits per heavy atom. The van der Waals surface area contributed by atoms with Gasteiger partial charge in [-0.2, -0.15) is 0 Å². The van der Waals surface area contributed by atoms with E-state index >= 15 is 0 Å². The lowest BCUT2D eigenvalue weighted by Gasteiger charge is -2.02. The van der Waals surface area contributed by atoms with Gasteiger partial charge in [-0.3, -0.25) is 4.98 Å². The van der Waals surface area contributed by atoms with Crippen LogP contribution in [0.15, 0.2) is 48.8 Å². The maximum absolute atomic E-state index is 11.2. The molecule has 0 aliphatic carbocycles. The van der Waals surface area contributed by atoms with Crippen LogP contribution in [-0.2, 0) is 0 Å². The minimum absolute atomic E-state index is 0.289. The van der Waals surface area contributed by atoms with E-state index in [0.717, 1.165) is 16.6 Å². The van der Waals surface area contributed by atoms with Crippen molar-refractivity contribution in [2.24, 2.45) is 0 Å². The summed E-state index contributed by atoms with van der Waals surface area (Å²) in [4.78, 5) is 18.4. The predicted octanol–water partition coefficient (Wildman–Crippen LogP) is 2.93. The smallest absolute Gasteiger partial charge is 0.336 e. The molecule has 0 saturated heterocycles. The second kappa shape index (κ2) is 4.00. The average Bonchev–Trinajstić information content (AvgIpc) is 2.82. The molecule has 0 bridgehead atoms. The van der Waals surface area contributed by atoms with Crippen molar-refractivity contribution < 1.29 is 9.90 Å². The van der Waals surface area contributed by atoms with Crippen LogP contribution in [0.1, 0.15) is 10.4 Å². The number of hydrogen-bond donors (Lipinski definition) is 2. The molecule has 0 amide bonds. The number of pyridine rings is 1. The first-order valence-electron chi connectivity index (χ1n) is 5.51. The molecule has 2 aromatic heterocycles. The van der Waals surface area contributed by atoms with E-state index < -0.39 is 5.97 Å². The van der Waals surface area contributed by atoms with Crippen LogP contribution in [0.5, 0.6) is 0 Å². The van der Waals surface area contributed by atoms with Crippen molar-refractivity contribution in [2.75, 3.05) is 0 Å². The van der Waals surface area contributed by atoms with Crippen molar-refractivity contribution in [2.45, 2.75) is 0 Å². The fourth-order valence-electron chi connectivity index (χ4n) is 2.02. The van der Waals surface area contributed by atoms with Gasteiger partial charge in [0.15, 0.2) is 0 Å². The van der Waals surface area contributed by atoms with Gasteiger partial charge >= 0.3 is 5.97 Å². The largest absolute Gasteiger partial charge is 0.478 e. The first kappa shape index (κ1) is 10.5. The first-order chi connectivity index (χ1) is 8.75. The fraction of sp³-hybridized carbons (Fsp3) is 0. The third kappa shape index (κ3) is 1.64. The molecule has 18 heavy (non-hydrogen) atoms. The lowest BCUT2D eigenvalue weighted by molar-refractivity contribution is 0.0697. The molecule has 0 aliphatic heterocycles. The van der Waals surface area contributed by atoms with Crippen molar-refractivity contribution in [3.63, 3.8) is 0 Å². The summed E-state index contributed by atoms with van der Waals surface area (Å²) in [5.41, 5.74) is 2.70. The lowest BCUT2D eigenvalue weighted by Crippen LogP contribution is -1.98. The summed E-state index contributed by atoms with van der Waals surface area (Å²) in [5, 5.41) is 10.1. The maximum atomic E-state index is 11.2. The van der Waals surface area contributed by atoms with Crippen LogP contribution >= 0.6 is 0 Å². The highest BCUT2D eigenvalue weighted by atomic mass is 16.4. The number of hydrogen-bond acceptors (Lipinski definition) is 2. The van der Waals surface area contributed by atoms with E-state index in [-0.39, 0.29) is 5.56 Å². The topological polar surface area (TPSA) is 66.0 Å². The summed E-state index contributed by atoms with van der Waals surface area (Å²) >= 11 is 0. The van der Waals surface area contributed by atoms with Crippen LogP contribution in [0.25, 0.3) is 22.2 Å². The fourth-order valence-corrected chi connectivity index (χ4v) is 2.02. The standard InChI is InChI=1S/C14H10N2O2/c17-14(18)11-4-2-1-3-10(11)13-7-9-8-15-6-5-12(9)16-13/h1-8,16H,(H,17,18). The number of aromatic nitrogens is 2. The van der Waals surface area contributed by atoms with Crippen LogP contribution < -0.4 is 0 Å². The van der Waals surface area contributed by atoms with Crippen molar-refractivity contribution in [3.05, 3.63) is 54.4 Å². The second-order valence-electron chi connectivity index (χ2n) is 4.00. The molecular weight excluding hydrogens is 228 g/mol. The molecule has 0 atom stereocenters. The predicted molar refractivity (Wildman–Crippen MR) is 68.5 cm³/mol. The summed E-state index contributed by atoms with van der Waals surface area (Å²) in [6.45, 7) is 0. The highest BCUT2D eigenvalue weighted by molar-refractivity contribution is 5.97. The number of aromatic carboxylic acids is 1. The Hall–Kier alpha value is -2.62. The number of carboxylic acids is 1. The van der Waals surface area contributed by atoms with E-state index in [0.29, 0.717) is 5.56 Å². The Morgan fingerprint density at radius 2 is 2.06 bits per heavy atom. The van der Waals surface area contributed by atoms with E-state index in [9.17, 15) is 9.90 Å². The van der Waals surface area contributed by atoms with Gasteiger partial charge in [0.05, 0.1) is 5.56 Å². The van der Waals surface area contributed by atoms with Crippen LogP contribution in [0.2, 0.25) is 0 Å². The molecule has 2 N–H and O–H groups in total. The summed E-state index contributed by atoms with van der Waals surface area (Å²) < 4.78 is 0. The Kier molecular flexibility index (Phi) is 2.34. The second-order valence-corrected chi connectivity index (χ2v) is 4.00. The third-order valence-corrected chi connectivity index (χ3v) is 2.87. The minimum atomic E-state index is -0.928. The van der Waals surface area contributed by atoms with Gasteiger partial charge in [0.1, 0.15) is 0 Å². The number of H-pyrrole nitrogens is 1. The number of carbonyl (C=O) groups is 1. The molecule has 2 heterocycles.